The SMILES string of the molecule is O=C(NC(Cc1ccccc1)c1nnc(SCc2ccc(F)cc2)n1-c1ccc(Cl)cc1Cl)c1ccco1. The van der Waals surface area contributed by atoms with Crippen molar-refractivity contribution in [2.75, 3.05) is 0 Å². The predicted molar refractivity (Wildman–Crippen MR) is 146 cm³/mol. The van der Waals surface area contributed by atoms with Gasteiger partial charge in [-0.2, -0.15) is 0 Å². The first kappa shape index (κ1) is 26.0. The monoisotopic (exact) mass is 566 g/mol. The minimum absolute atomic E-state index is 0.185. The minimum atomic E-state index is -0.575. The summed E-state index contributed by atoms with van der Waals surface area (Å²) < 4.78 is 20.5. The summed E-state index contributed by atoms with van der Waals surface area (Å²) in [4.78, 5) is 13.0. The summed E-state index contributed by atoms with van der Waals surface area (Å²) in [5, 5.41) is 13.5. The van der Waals surface area contributed by atoms with Gasteiger partial charge in [0.1, 0.15) is 5.82 Å². The molecule has 0 aliphatic carbocycles. The minimum Gasteiger partial charge on any atom is -0.459 e. The van der Waals surface area contributed by atoms with Crippen molar-refractivity contribution in [2.45, 2.75) is 23.4 Å². The van der Waals surface area contributed by atoms with E-state index in [-0.39, 0.29) is 17.5 Å². The van der Waals surface area contributed by atoms with Crippen LogP contribution in [0.1, 0.15) is 33.5 Å². The molecule has 0 spiro atoms. The van der Waals surface area contributed by atoms with Gasteiger partial charge in [0.05, 0.1) is 23.0 Å². The highest BCUT2D eigenvalue weighted by Crippen LogP contribution is 2.33. The van der Waals surface area contributed by atoms with Crippen molar-refractivity contribution in [3.8, 4) is 5.69 Å². The van der Waals surface area contributed by atoms with E-state index in [1.54, 1.807) is 42.5 Å². The maximum absolute atomic E-state index is 13.4. The van der Waals surface area contributed by atoms with E-state index >= 15 is 0 Å². The third-order valence-corrected chi connectivity index (χ3v) is 7.27. The molecule has 1 unspecified atom stereocenters. The summed E-state index contributed by atoms with van der Waals surface area (Å²) in [5.41, 5.74) is 2.53. The summed E-state index contributed by atoms with van der Waals surface area (Å²) in [7, 11) is 0. The first-order valence-electron chi connectivity index (χ1n) is 11.6. The Kier molecular flexibility index (Phi) is 8.12. The molecule has 3 aromatic carbocycles. The van der Waals surface area contributed by atoms with Crippen LogP contribution in [0.2, 0.25) is 10.0 Å². The van der Waals surface area contributed by atoms with Crippen molar-refractivity contribution in [3.63, 3.8) is 0 Å². The van der Waals surface area contributed by atoms with Crippen molar-refractivity contribution < 1.29 is 13.6 Å². The Hall–Kier alpha value is -3.59. The summed E-state index contributed by atoms with van der Waals surface area (Å²) in [5.74, 6) is 0.511. The standard InChI is InChI=1S/C28H21Cl2FN4O2S/c29-20-10-13-24(22(30)16-20)35-26(33-34-28(35)38-17-19-8-11-21(31)12-9-19)23(15-18-5-2-1-3-6-18)32-27(36)25-7-4-14-37-25/h1-14,16,23H,15,17H2,(H,32,36). The van der Waals surface area contributed by atoms with E-state index < -0.39 is 6.04 Å². The number of halogens is 3. The molecule has 5 aromatic rings. The number of amides is 1. The lowest BCUT2D eigenvalue weighted by Gasteiger charge is -2.20. The molecule has 2 aromatic heterocycles. The second-order valence-electron chi connectivity index (χ2n) is 8.38. The second kappa shape index (κ2) is 11.9. The quantitative estimate of drug-likeness (QED) is 0.189. The van der Waals surface area contributed by atoms with Gasteiger partial charge in [0.2, 0.25) is 0 Å². The van der Waals surface area contributed by atoms with E-state index in [1.807, 2.05) is 34.9 Å². The lowest BCUT2D eigenvalue weighted by Crippen LogP contribution is -2.31. The number of carbonyl (C=O) groups excluding carboxylic acids is 1. The third-order valence-electron chi connectivity index (χ3n) is 5.73. The van der Waals surface area contributed by atoms with E-state index in [2.05, 4.69) is 15.5 Å². The number of nitrogens with one attached hydrogen (secondary N) is 1. The number of hydrogen-bond acceptors (Lipinski definition) is 5. The summed E-state index contributed by atoms with van der Waals surface area (Å²) in [6, 6.07) is 23.9. The van der Waals surface area contributed by atoms with Crippen molar-refractivity contribution in [1.82, 2.24) is 20.1 Å². The molecule has 0 aliphatic rings. The fourth-order valence-corrected chi connectivity index (χ4v) is 5.31. The molecule has 192 valence electrons. The van der Waals surface area contributed by atoms with Crippen LogP contribution < -0.4 is 5.32 Å². The van der Waals surface area contributed by atoms with Gasteiger partial charge in [0.15, 0.2) is 16.7 Å². The largest absolute Gasteiger partial charge is 0.459 e. The van der Waals surface area contributed by atoms with E-state index in [4.69, 9.17) is 27.6 Å². The van der Waals surface area contributed by atoms with Crippen LogP contribution in [0.5, 0.6) is 0 Å². The summed E-state index contributed by atoms with van der Waals surface area (Å²) in [6.45, 7) is 0. The number of aromatic nitrogens is 3. The Morgan fingerprint density at radius 2 is 1.76 bits per heavy atom. The highest BCUT2D eigenvalue weighted by molar-refractivity contribution is 7.98. The highest BCUT2D eigenvalue weighted by Gasteiger charge is 2.27. The predicted octanol–water partition coefficient (Wildman–Crippen LogP) is 7.31. The second-order valence-corrected chi connectivity index (χ2v) is 10.2. The van der Waals surface area contributed by atoms with Gasteiger partial charge in [-0.1, -0.05) is 77.4 Å². The normalized spacial score (nSPS) is 11.9. The molecule has 0 bridgehead atoms. The zero-order valence-electron chi connectivity index (χ0n) is 19.9. The van der Waals surface area contributed by atoms with Crippen molar-refractivity contribution >= 4 is 40.9 Å². The molecule has 38 heavy (non-hydrogen) atoms. The van der Waals surface area contributed by atoms with Gasteiger partial charge in [0.25, 0.3) is 5.91 Å². The van der Waals surface area contributed by atoms with Gasteiger partial charge in [0, 0.05) is 10.8 Å². The van der Waals surface area contributed by atoms with Gasteiger partial charge in [-0.25, -0.2) is 4.39 Å². The van der Waals surface area contributed by atoms with Crippen LogP contribution in [0.3, 0.4) is 0 Å². The Morgan fingerprint density at radius 3 is 2.47 bits per heavy atom. The molecular formula is C28H21Cl2FN4O2S. The molecule has 0 aliphatic heterocycles. The molecular weight excluding hydrogens is 546 g/mol. The molecule has 1 N–H and O–H groups in total. The summed E-state index contributed by atoms with van der Waals surface area (Å²) >= 11 is 14.2. The molecule has 1 amide bonds. The van der Waals surface area contributed by atoms with Crippen molar-refractivity contribution in [1.29, 1.82) is 0 Å². The van der Waals surface area contributed by atoms with E-state index in [0.29, 0.717) is 38.9 Å². The van der Waals surface area contributed by atoms with Crippen LogP contribution in [0.25, 0.3) is 5.69 Å². The average molecular weight is 567 g/mol. The molecule has 6 nitrogen and oxygen atoms in total. The maximum Gasteiger partial charge on any atom is 0.287 e. The molecule has 2 heterocycles. The molecule has 1 atom stereocenters. The van der Waals surface area contributed by atoms with E-state index in [1.165, 1.54) is 30.2 Å². The fraction of sp³-hybridized carbons (Fsp3) is 0.107. The molecule has 5 rings (SSSR count). The molecule has 0 saturated carbocycles. The van der Waals surface area contributed by atoms with E-state index in [0.717, 1.165) is 11.1 Å². The van der Waals surface area contributed by atoms with Crippen LogP contribution in [-0.2, 0) is 12.2 Å². The number of carbonyl (C=O) groups is 1. The maximum atomic E-state index is 13.4. The average Bonchev–Trinajstić information content (AvgIpc) is 3.60. The van der Waals surface area contributed by atoms with Crippen molar-refractivity contribution in [2.24, 2.45) is 0 Å². The molecule has 0 fully saturated rings. The smallest absolute Gasteiger partial charge is 0.287 e. The van der Waals surface area contributed by atoms with Gasteiger partial charge < -0.3 is 9.73 Å². The fourth-order valence-electron chi connectivity index (χ4n) is 3.91. The molecule has 0 saturated heterocycles. The van der Waals surface area contributed by atoms with E-state index in [9.17, 15) is 9.18 Å². The first-order chi connectivity index (χ1) is 18.5. The zero-order chi connectivity index (χ0) is 26.5. The van der Waals surface area contributed by atoms with Crippen molar-refractivity contribution in [3.05, 3.63) is 130 Å². The van der Waals surface area contributed by atoms with Gasteiger partial charge in [-0.15, -0.1) is 10.2 Å². The van der Waals surface area contributed by atoms with Crippen LogP contribution in [0, 0.1) is 5.82 Å². The Morgan fingerprint density at radius 1 is 0.974 bits per heavy atom. The van der Waals surface area contributed by atoms with Gasteiger partial charge in [-0.3, -0.25) is 9.36 Å². The lowest BCUT2D eigenvalue weighted by molar-refractivity contribution is 0.0906. The number of nitrogens with zero attached hydrogens (tertiary/aromatic N) is 3. The van der Waals surface area contributed by atoms with Crippen LogP contribution in [0.15, 0.2) is 101 Å². The zero-order valence-corrected chi connectivity index (χ0v) is 22.2. The van der Waals surface area contributed by atoms with Gasteiger partial charge in [-0.05, 0) is 60.0 Å². The number of hydrogen-bond donors (Lipinski definition) is 1. The Labute approximate surface area is 232 Å². The van der Waals surface area contributed by atoms with Crippen LogP contribution in [-0.4, -0.2) is 20.7 Å². The summed E-state index contributed by atoms with van der Waals surface area (Å²) in [6.07, 6.45) is 1.89. The first-order valence-corrected chi connectivity index (χ1v) is 13.4. The lowest BCUT2D eigenvalue weighted by atomic mass is 10.0. The topological polar surface area (TPSA) is 73.0 Å². The molecule has 0 radical (unpaired) electrons. The number of benzene rings is 3. The number of furan rings is 1. The third kappa shape index (κ3) is 6.10. The number of thioether (sulfide) groups is 1. The molecule has 10 heteroatoms. The highest BCUT2D eigenvalue weighted by atomic mass is 35.5. The Balaban J connectivity index is 1.56. The van der Waals surface area contributed by atoms with Gasteiger partial charge >= 0.3 is 0 Å². The van der Waals surface area contributed by atoms with Crippen LogP contribution >= 0.6 is 35.0 Å². The Bertz CT molecular complexity index is 1530. The number of rotatable bonds is 9. The van der Waals surface area contributed by atoms with Crippen LogP contribution in [0.4, 0.5) is 4.39 Å².